The van der Waals surface area contributed by atoms with Crippen molar-refractivity contribution in [2.75, 3.05) is 47.5 Å². The normalized spacial score (nSPS) is 14.0. The van der Waals surface area contributed by atoms with E-state index in [4.69, 9.17) is 18.5 Å². The van der Waals surface area contributed by atoms with Crippen molar-refractivity contribution in [1.82, 2.24) is 0 Å². The summed E-state index contributed by atoms with van der Waals surface area (Å²) in [6, 6.07) is 0. The van der Waals surface area contributed by atoms with Crippen molar-refractivity contribution >= 4 is 19.8 Å². The monoisotopic (exact) mass is 878 g/mol. The van der Waals surface area contributed by atoms with Crippen LogP contribution in [0.25, 0.3) is 0 Å². The molecule has 0 radical (unpaired) electrons. The molecule has 10 heteroatoms. The van der Waals surface area contributed by atoms with Gasteiger partial charge >= 0.3 is 11.9 Å². The molecule has 0 aliphatic rings. The average molecular weight is 878 g/mol. The summed E-state index contributed by atoms with van der Waals surface area (Å²) in [7, 11) is 1.15. The van der Waals surface area contributed by atoms with E-state index >= 15 is 0 Å². The van der Waals surface area contributed by atoms with Gasteiger partial charge < -0.3 is 27.9 Å². The Morgan fingerprint density at radius 2 is 0.934 bits per heavy atom. The van der Waals surface area contributed by atoms with Crippen molar-refractivity contribution in [1.29, 1.82) is 0 Å². The number of hydrogen-bond acceptors (Lipinski definition) is 8. The van der Waals surface area contributed by atoms with Gasteiger partial charge in [0.15, 0.2) is 6.10 Å². The standard InChI is InChI=1S/C51H92NO8P/c1-6-8-10-12-14-16-18-20-22-23-24-25-26-27-28-29-30-32-34-36-38-40-42-44-51(54)60-49(48-59-61(55,56)58-46-45-52(3,4)5)47-57-50(53)43-41-39-37-35-33-31-21-19-17-15-13-11-9-7-2/h8,10,14,16,20,22,24-25,27-28,49H,6-7,9,11-13,15,17-19,21,23,26,29-48H2,1-5H3/b10-8-,16-14-,22-20-,25-24-,28-27-. The molecule has 354 valence electrons. The fraction of sp³-hybridized carbons (Fsp3) is 0.765. The highest BCUT2D eigenvalue weighted by Gasteiger charge is 2.21. The summed E-state index contributed by atoms with van der Waals surface area (Å²) in [4.78, 5) is 37.6. The molecule has 2 atom stereocenters. The Bertz CT molecular complexity index is 1220. The molecule has 0 saturated heterocycles. The van der Waals surface area contributed by atoms with Crippen LogP contribution in [0.3, 0.4) is 0 Å². The van der Waals surface area contributed by atoms with E-state index in [9.17, 15) is 19.0 Å². The minimum atomic E-state index is -4.63. The molecule has 0 amide bonds. The van der Waals surface area contributed by atoms with Gasteiger partial charge in [0.05, 0.1) is 27.7 Å². The highest BCUT2D eigenvalue weighted by atomic mass is 31.2. The number of esters is 2. The van der Waals surface area contributed by atoms with Crippen molar-refractivity contribution in [2.45, 2.75) is 206 Å². The second kappa shape index (κ2) is 43.0. The van der Waals surface area contributed by atoms with Crippen molar-refractivity contribution in [3.05, 3.63) is 60.8 Å². The molecule has 0 spiro atoms. The molecule has 0 aromatic heterocycles. The molecule has 0 bridgehead atoms. The molecule has 0 aliphatic carbocycles. The van der Waals surface area contributed by atoms with Gasteiger partial charge in [0.2, 0.25) is 0 Å². The highest BCUT2D eigenvalue weighted by molar-refractivity contribution is 7.45. The molecular weight excluding hydrogens is 786 g/mol. The third-order valence-corrected chi connectivity index (χ3v) is 11.3. The number of unbranched alkanes of at least 4 members (excludes halogenated alkanes) is 20. The maximum Gasteiger partial charge on any atom is 0.306 e. The van der Waals surface area contributed by atoms with E-state index in [1.54, 1.807) is 0 Å². The Balaban J connectivity index is 4.30. The molecule has 0 fully saturated rings. The molecule has 2 unspecified atom stereocenters. The predicted octanol–water partition coefficient (Wildman–Crippen LogP) is 13.8. The number of carbonyl (C=O) groups is 2. The van der Waals surface area contributed by atoms with E-state index < -0.39 is 26.5 Å². The Hall–Kier alpha value is -2.29. The van der Waals surface area contributed by atoms with E-state index in [0.29, 0.717) is 17.4 Å². The van der Waals surface area contributed by atoms with Crippen LogP contribution in [0.2, 0.25) is 0 Å². The molecule has 0 heterocycles. The topological polar surface area (TPSA) is 111 Å². The van der Waals surface area contributed by atoms with E-state index in [-0.39, 0.29) is 32.0 Å². The number of nitrogens with zero attached hydrogens (tertiary/aromatic N) is 1. The summed E-state index contributed by atoms with van der Waals surface area (Å²) in [5, 5.41) is 0. The van der Waals surface area contributed by atoms with Crippen LogP contribution in [-0.2, 0) is 32.7 Å². The molecule has 0 saturated carbocycles. The fourth-order valence-corrected chi connectivity index (χ4v) is 7.23. The molecule has 0 aliphatic heterocycles. The third-order valence-electron chi connectivity index (χ3n) is 10.3. The SMILES string of the molecule is CC/C=C\C/C=C\C/C=C\C/C=C\C/C=C\CCCCCCCCCC(=O)OC(COC(=O)CCCCCCCCCCCCCCCC)COP(=O)([O-])OCC[N+](C)(C)C. The third kappa shape index (κ3) is 47.0. The lowest BCUT2D eigenvalue weighted by Gasteiger charge is -2.28. The van der Waals surface area contributed by atoms with E-state index in [1.165, 1.54) is 89.9 Å². The van der Waals surface area contributed by atoms with Gasteiger partial charge in [-0.2, -0.15) is 0 Å². The van der Waals surface area contributed by atoms with Gasteiger partial charge in [-0.15, -0.1) is 0 Å². The predicted molar refractivity (Wildman–Crippen MR) is 254 cm³/mol. The first kappa shape index (κ1) is 58.7. The Morgan fingerprint density at radius 1 is 0.525 bits per heavy atom. The summed E-state index contributed by atoms with van der Waals surface area (Å²) in [5.74, 6) is -0.845. The van der Waals surface area contributed by atoms with Crippen molar-refractivity contribution < 1.29 is 42.1 Å². The second-order valence-electron chi connectivity index (χ2n) is 17.5. The van der Waals surface area contributed by atoms with Crippen LogP contribution < -0.4 is 4.89 Å². The number of likely N-dealkylation sites (N-methyl/N-ethyl adjacent to an activating group) is 1. The first-order valence-electron chi connectivity index (χ1n) is 24.5. The minimum absolute atomic E-state index is 0.0345. The van der Waals surface area contributed by atoms with Crippen LogP contribution in [-0.4, -0.2) is 70.0 Å². The van der Waals surface area contributed by atoms with Crippen molar-refractivity contribution in [2.24, 2.45) is 0 Å². The zero-order valence-electron chi connectivity index (χ0n) is 39.8. The number of allylic oxidation sites excluding steroid dienone is 10. The molecule has 0 rings (SSSR count). The number of phosphoric acid groups is 1. The minimum Gasteiger partial charge on any atom is -0.756 e. The smallest absolute Gasteiger partial charge is 0.306 e. The van der Waals surface area contributed by atoms with Crippen LogP contribution in [0.4, 0.5) is 0 Å². The van der Waals surface area contributed by atoms with Gasteiger partial charge in [-0.1, -0.05) is 190 Å². The Morgan fingerprint density at radius 3 is 1.39 bits per heavy atom. The number of hydrogen-bond donors (Lipinski definition) is 0. The van der Waals surface area contributed by atoms with Crippen molar-refractivity contribution in [3.8, 4) is 0 Å². The summed E-state index contributed by atoms with van der Waals surface area (Å²) in [5.41, 5.74) is 0. The summed E-state index contributed by atoms with van der Waals surface area (Å²) in [6.45, 7) is 4.11. The molecular formula is C51H92NO8P. The lowest BCUT2D eigenvalue weighted by atomic mass is 10.0. The summed E-state index contributed by atoms with van der Waals surface area (Å²) < 4.78 is 34.0. The maximum absolute atomic E-state index is 12.7. The number of carbonyl (C=O) groups excluding carboxylic acids is 2. The van der Waals surface area contributed by atoms with Gasteiger partial charge in [-0.25, -0.2) is 0 Å². The van der Waals surface area contributed by atoms with Crippen LogP contribution in [0.1, 0.15) is 200 Å². The largest absolute Gasteiger partial charge is 0.756 e. The Kier molecular flexibility index (Phi) is 41.4. The fourth-order valence-electron chi connectivity index (χ4n) is 6.51. The molecule has 0 N–H and O–H groups in total. The summed E-state index contributed by atoms with van der Waals surface area (Å²) in [6.07, 6.45) is 52.4. The van der Waals surface area contributed by atoms with Crippen LogP contribution in [0.15, 0.2) is 60.8 Å². The number of phosphoric ester groups is 1. The van der Waals surface area contributed by atoms with Crippen LogP contribution >= 0.6 is 7.82 Å². The lowest BCUT2D eigenvalue weighted by Crippen LogP contribution is -2.37. The zero-order chi connectivity index (χ0) is 45.0. The van der Waals surface area contributed by atoms with Gasteiger partial charge in [0.25, 0.3) is 7.82 Å². The van der Waals surface area contributed by atoms with E-state index in [0.717, 1.165) is 77.0 Å². The first-order valence-corrected chi connectivity index (χ1v) is 26.0. The van der Waals surface area contributed by atoms with Crippen LogP contribution in [0.5, 0.6) is 0 Å². The van der Waals surface area contributed by atoms with Gasteiger partial charge in [0.1, 0.15) is 19.8 Å². The number of ether oxygens (including phenoxy) is 2. The lowest BCUT2D eigenvalue weighted by molar-refractivity contribution is -0.870. The van der Waals surface area contributed by atoms with Gasteiger partial charge in [-0.05, 0) is 57.8 Å². The Labute approximate surface area is 375 Å². The average Bonchev–Trinajstić information content (AvgIpc) is 3.21. The van der Waals surface area contributed by atoms with Crippen molar-refractivity contribution in [3.63, 3.8) is 0 Å². The quantitative estimate of drug-likeness (QED) is 0.0196. The summed E-state index contributed by atoms with van der Waals surface area (Å²) >= 11 is 0. The van der Waals surface area contributed by atoms with E-state index in [2.05, 4.69) is 74.6 Å². The molecule has 61 heavy (non-hydrogen) atoms. The number of quaternary nitrogens is 1. The molecule has 0 aromatic carbocycles. The molecule has 9 nitrogen and oxygen atoms in total. The maximum atomic E-state index is 12.7. The van der Waals surface area contributed by atoms with Crippen LogP contribution in [0, 0.1) is 0 Å². The second-order valence-corrected chi connectivity index (χ2v) is 18.9. The molecule has 0 aromatic rings. The van der Waals surface area contributed by atoms with Gasteiger partial charge in [0, 0.05) is 12.8 Å². The zero-order valence-corrected chi connectivity index (χ0v) is 40.7. The highest BCUT2D eigenvalue weighted by Crippen LogP contribution is 2.38. The number of rotatable bonds is 44. The van der Waals surface area contributed by atoms with Gasteiger partial charge in [-0.3, -0.25) is 14.2 Å². The first-order chi connectivity index (χ1) is 29.5. The van der Waals surface area contributed by atoms with E-state index in [1.807, 2.05) is 21.1 Å².